The molecule has 2 heteroatoms. The van der Waals surface area contributed by atoms with E-state index in [9.17, 15) is 0 Å². The molecule has 9 heavy (non-hydrogen) atoms. The first-order valence-corrected chi connectivity index (χ1v) is 3.84. The summed E-state index contributed by atoms with van der Waals surface area (Å²) in [7, 11) is 0. The van der Waals surface area contributed by atoms with E-state index in [1.807, 2.05) is 0 Å². The van der Waals surface area contributed by atoms with E-state index < -0.39 is 0 Å². The summed E-state index contributed by atoms with van der Waals surface area (Å²) in [5.74, 6) is 0.677. The molecule has 0 bridgehead atoms. The van der Waals surface area contributed by atoms with Gasteiger partial charge in [-0.3, -0.25) is 0 Å². The maximum Gasteiger partial charge on any atom is 0.0755 e. The monoisotopic (exact) mass is 145 g/mol. The van der Waals surface area contributed by atoms with E-state index in [1.54, 1.807) is 0 Å². The van der Waals surface area contributed by atoms with E-state index in [1.165, 1.54) is 0 Å². The first-order chi connectivity index (χ1) is 4.16. The van der Waals surface area contributed by atoms with Crippen molar-refractivity contribution >= 4 is 17.2 Å². The third-order valence-electron chi connectivity index (χ3n) is 0.968. The van der Waals surface area contributed by atoms with Crippen molar-refractivity contribution in [3.05, 3.63) is 0 Å². The maximum atomic E-state index is 5.02. The zero-order valence-electron chi connectivity index (χ0n) is 6.40. The average molecular weight is 145 g/mol. The first kappa shape index (κ1) is 8.89. The maximum absolute atomic E-state index is 5.02. The zero-order chi connectivity index (χ0) is 7.28. The lowest BCUT2D eigenvalue weighted by molar-refractivity contribution is 0.675. The van der Waals surface area contributed by atoms with Gasteiger partial charge in [0.25, 0.3) is 0 Å². The molecule has 0 aromatic carbocycles. The molecule has 0 fully saturated rings. The van der Waals surface area contributed by atoms with Gasteiger partial charge >= 0.3 is 0 Å². The predicted octanol–water partition coefficient (Wildman–Crippen LogP) is 1.97. The van der Waals surface area contributed by atoms with Crippen LogP contribution in [-0.2, 0) is 0 Å². The topological polar surface area (TPSA) is 12.0 Å². The Morgan fingerprint density at radius 1 is 1.56 bits per heavy atom. The number of thiocarbonyl (C=S) groups is 1. The molecular formula is C7H15NS. The van der Waals surface area contributed by atoms with Gasteiger partial charge in [0, 0.05) is 13.0 Å². The molecule has 0 aliphatic carbocycles. The van der Waals surface area contributed by atoms with Crippen LogP contribution in [0.2, 0.25) is 0 Å². The van der Waals surface area contributed by atoms with Crippen LogP contribution in [-0.4, -0.2) is 11.5 Å². The van der Waals surface area contributed by atoms with Crippen LogP contribution >= 0.6 is 12.2 Å². The second-order valence-electron chi connectivity index (χ2n) is 2.55. The first-order valence-electron chi connectivity index (χ1n) is 3.43. The quantitative estimate of drug-likeness (QED) is 0.609. The van der Waals surface area contributed by atoms with Crippen LogP contribution in [0.5, 0.6) is 0 Å². The Hall–Kier alpha value is -0.110. The van der Waals surface area contributed by atoms with Gasteiger partial charge < -0.3 is 5.32 Å². The Labute approximate surface area is 62.8 Å². The third-order valence-corrected chi connectivity index (χ3v) is 1.28. The van der Waals surface area contributed by atoms with Crippen molar-refractivity contribution in [3.8, 4) is 0 Å². The minimum absolute atomic E-state index is 0.677. The predicted molar refractivity (Wildman–Crippen MR) is 45.7 cm³/mol. The van der Waals surface area contributed by atoms with E-state index in [2.05, 4.69) is 26.1 Å². The van der Waals surface area contributed by atoms with Gasteiger partial charge in [0.15, 0.2) is 0 Å². The highest BCUT2D eigenvalue weighted by atomic mass is 32.1. The van der Waals surface area contributed by atoms with Gasteiger partial charge in [-0.05, 0) is 12.8 Å². The molecule has 0 saturated carbocycles. The second kappa shape index (κ2) is 4.74. The van der Waals surface area contributed by atoms with Crippen LogP contribution < -0.4 is 5.32 Å². The van der Waals surface area contributed by atoms with E-state index in [0.29, 0.717) is 5.92 Å². The van der Waals surface area contributed by atoms with Gasteiger partial charge in [0.1, 0.15) is 0 Å². The van der Waals surface area contributed by atoms with Crippen LogP contribution in [0.15, 0.2) is 0 Å². The lowest BCUT2D eigenvalue weighted by atomic mass is 10.1. The SMILES string of the molecule is CCNC(=S)CC(C)C. The summed E-state index contributed by atoms with van der Waals surface area (Å²) >= 11 is 5.02. The van der Waals surface area contributed by atoms with E-state index in [0.717, 1.165) is 18.0 Å². The van der Waals surface area contributed by atoms with E-state index >= 15 is 0 Å². The van der Waals surface area contributed by atoms with Crippen LogP contribution in [0.4, 0.5) is 0 Å². The Morgan fingerprint density at radius 2 is 2.11 bits per heavy atom. The number of nitrogens with one attached hydrogen (secondary N) is 1. The molecule has 0 aromatic rings. The average Bonchev–Trinajstić information content (AvgIpc) is 1.63. The molecule has 0 heterocycles. The summed E-state index contributed by atoms with van der Waals surface area (Å²) in [5, 5.41) is 3.11. The van der Waals surface area contributed by atoms with Gasteiger partial charge in [-0.25, -0.2) is 0 Å². The van der Waals surface area contributed by atoms with E-state index in [-0.39, 0.29) is 0 Å². The van der Waals surface area contributed by atoms with Crippen molar-refractivity contribution in [2.24, 2.45) is 5.92 Å². The highest BCUT2D eigenvalue weighted by molar-refractivity contribution is 7.80. The van der Waals surface area contributed by atoms with Gasteiger partial charge in [0.2, 0.25) is 0 Å². The molecule has 1 N–H and O–H groups in total. The van der Waals surface area contributed by atoms with Crippen molar-refractivity contribution < 1.29 is 0 Å². The Kier molecular flexibility index (Phi) is 4.68. The number of hydrogen-bond acceptors (Lipinski definition) is 1. The lowest BCUT2D eigenvalue weighted by Gasteiger charge is -2.06. The fourth-order valence-corrected chi connectivity index (χ4v) is 1.12. The van der Waals surface area contributed by atoms with Gasteiger partial charge in [0.05, 0.1) is 4.99 Å². The highest BCUT2D eigenvalue weighted by Gasteiger charge is 1.96. The van der Waals surface area contributed by atoms with Crippen LogP contribution in [0.25, 0.3) is 0 Å². The smallest absolute Gasteiger partial charge is 0.0755 e. The molecule has 0 amide bonds. The molecule has 0 unspecified atom stereocenters. The van der Waals surface area contributed by atoms with Crippen LogP contribution in [0, 0.1) is 5.92 Å². The van der Waals surface area contributed by atoms with Gasteiger partial charge in [-0.1, -0.05) is 26.1 Å². The van der Waals surface area contributed by atoms with Crippen molar-refractivity contribution in [1.29, 1.82) is 0 Å². The summed E-state index contributed by atoms with van der Waals surface area (Å²) < 4.78 is 0. The molecule has 0 aliphatic rings. The third kappa shape index (κ3) is 5.77. The summed E-state index contributed by atoms with van der Waals surface area (Å²) in [6.45, 7) is 7.35. The molecule has 0 rings (SSSR count). The molecular weight excluding hydrogens is 130 g/mol. The van der Waals surface area contributed by atoms with Crippen molar-refractivity contribution in [3.63, 3.8) is 0 Å². The summed E-state index contributed by atoms with van der Waals surface area (Å²) in [5.41, 5.74) is 0. The fraction of sp³-hybridized carbons (Fsp3) is 0.857. The lowest BCUT2D eigenvalue weighted by Crippen LogP contribution is -2.21. The van der Waals surface area contributed by atoms with Gasteiger partial charge in [-0.2, -0.15) is 0 Å². The molecule has 0 saturated heterocycles. The zero-order valence-corrected chi connectivity index (χ0v) is 7.22. The van der Waals surface area contributed by atoms with Crippen molar-refractivity contribution in [2.45, 2.75) is 27.2 Å². The number of rotatable bonds is 3. The highest BCUT2D eigenvalue weighted by Crippen LogP contribution is 1.98. The summed E-state index contributed by atoms with van der Waals surface area (Å²) in [6, 6.07) is 0. The minimum Gasteiger partial charge on any atom is -0.380 e. The van der Waals surface area contributed by atoms with Crippen molar-refractivity contribution in [1.82, 2.24) is 5.32 Å². The molecule has 54 valence electrons. The van der Waals surface area contributed by atoms with Crippen molar-refractivity contribution in [2.75, 3.05) is 6.54 Å². The van der Waals surface area contributed by atoms with Crippen LogP contribution in [0.1, 0.15) is 27.2 Å². The molecule has 0 spiro atoms. The summed E-state index contributed by atoms with van der Waals surface area (Å²) in [6.07, 6.45) is 1.02. The second-order valence-corrected chi connectivity index (χ2v) is 3.04. The molecule has 0 atom stereocenters. The normalized spacial score (nSPS) is 9.78. The number of hydrogen-bond donors (Lipinski definition) is 1. The molecule has 0 radical (unpaired) electrons. The Bertz CT molecular complexity index is 88.9. The minimum atomic E-state index is 0.677. The van der Waals surface area contributed by atoms with Gasteiger partial charge in [-0.15, -0.1) is 0 Å². The fourth-order valence-electron chi connectivity index (χ4n) is 0.640. The largest absolute Gasteiger partial charge is 0.380 e. The molecule has 0 aliphatic heterocycles. The molecule has 0 aromatic heterocycles. The summed E-state index contributed by atoms with van der Waals surface area (Å²) in [4.78, 5) is 0.993. The van der Waals surface area contributed by atoms with E-state index in [4.69, 9.17) is 12.2 Å². The van der Waals surface area contributed by atoms with Crippen LogP contribution in [0.3, 0.4) is 0 Å². The Morgan fingerprint density at radius 3 is 2.44 bits per heavy atom. The molecule has 1 nitrogen and oxygen atoms in total. The standard InChI is InChI=1S/C7H15NS/c1-4-8-7(9)5-6(2)3/h6H,4-5H2,1-3H3,(H,8,9). The Balaban J connectivity index is 3.27.